The van der Waals surface area contributed by atoms with Crippen molar-refractivity contribution in [2.45, 2.75) is 13.0 Å². The Hall–Kier alpha value is -2.18. The molecule has 7 heteroatoms. The molecule has 6 nitrogen and oxygen atoms in total. The number of fused-ring (bicyclic) bond motifs is 1. The molecular weight excluding hydrogens is 312 g/mol. The highest BCUT2D eigenvalue weighted by Gasteiger charge is 2.14. The summed E-state index contributed by atoms with van der Waals surface area (Å²) in [5.74, 6) is 1.56. The van der Waals surface area contributed by atoms with E-state index in [4.69, 9.17) is 11.6 Å². The molecule has 0 bridgehead atoms. The molecule has 1 unspecified atom stereocenters. The molecule has 0 radical (unpaired) electrons. The smallest absolute Gasteiger partial charge is 0.178 e. The summed E-state index contributed by atoms with van der Waals surface area (Å²) < 4.78 is 1.73. The zero-order valence-electron chi connectivity index (χ0n) is 13.4. The molecular formula is C16H19ClN6. The Morgan fingerprint density at radius 2 is 1.87 bits per heavy atom. The first-order valence-electron chi connectivity index (χ1n) is 7.39. The zero-order chi connectivity index (χ0) is 16.4. The van der Waals surface area contributed by atoms with E-state index in [1.165, 1.54) is 5.56 Å². The van der Waals surface area contributed by atoms with Crippen LogP contribution in [0.2, 0.25) is 5.02 Å². The van der Waals surface area contributed by atoms with E-state index in [0.717, 1.165) is 28.9 Å². The quantitative estimate of drug-likeness (QED) is 0.779. The van der Waals surface area contributed by atoms with Crippen molar-refractivity contribution in [1.82, 2.24) is 24.7 Å². The maximum absolute atomic E-state index is 5.97. The molecule has 3 rings (SSSR count). The fourth-order valence-electron chi connectivity index (χ4n) is 2.48. The lowest BCUT2D eigenvalue weighted by Crippen LogP contribution is -2.27. The summed E-state index contributed by atoms with van der Waals surface area (Å²) >= 11 is 5.97. The number of benzene rings is 1. The number of rotatable bonds is 5. The van der Waals surface area contributed by atoms with Gasteiger partial charge >= 0.3 is 0 Å². The summed E-state index contributed by atoms with van der Waals surface area (Å²) in [6.45, 7) is 2.61. The first-order valence-corrected chi connectivity index (χ1v) is 7.77. The van der Waals surface area contributed by atoms with Crippen molar-refractivity contribution in [1.29, 1.82) is 0 Å². The van der Waals surface area contributed by atoms with Gasteiger partial charge in [-0.15, -0.1) is 15.3 Å². The number of nitrogens with one attached hydrogen (secondary N) is 1. The molecule has 23 heavy (non-hydrogen) atoms. The summed E-state index contributed by atoms with van der Waals surface area (Å²) in [7, 11) is 4.11. The average Bonchev–Trinajstić information content (AvgIpc) is 2.90. The van der Waals surface area contributed by atoms with E-state index in [9.17, 15) is 0 Å². The van der Waals surface area contributed by atoms with Crippen LogP contribution in [0.25, 0.3) is 5.65 Å². The molecule has 0 saturated heterocycles. The second-order valence-corrected chi connectivity index (χ2v) is 6.08. The molecule has 1 atom stereocenters. The zero-order valence-corrected chi connectivity index (χ0v) is 14.1. The molecule has 3 aromatic rings. The maximum atomic E-state index is 5.97. The maximum Gasteiger partial charge on any atom is 0.178 e. The van der Waals surface area contributed by atoms with E-state index < -0.39 is 0 Å². The van der Waals surface area contributed by atoms with Gasteiger partial charge in [0.05, 0.1) is 6.04 Å². The molecule has 0 amide bonds. The van der Waals surface area contributed by atoms with Crippen molar-refractivity contribution >= 4 is 23.1 Å². The van der Waals surface area contributed by atoms with Crippen LogP contribution in [-0.2, 0) is 0 Å². The summed E-state index contributed by atoms with van der Waals surface area (Å²) in [5, 5.41) is 16.7. The summed E-state index contributed by atoms with van der Waals surface area (Å²) in [6, 6.07) is 12.0. The molecule has 0 aliphatic rings. The number of nitrogens with zero attached hydrogens (tertiary/aromatic N) is 5. The molecule has 0 aliphatic heterocycles. The molecule has 1 aromatic carbocycles. The first kappa shape index (κ1) is 15.7. The third-order valence-electron chi connectivity index (χ3n) is 3.77. The number of aryl methyl sites for hydroxylation is 1. The number of halogens is 1. The first-order chi connectivity index (χ1) is 11.0. The van der Waals surface area contributed by atoms with Crippen molar-refractivity contribution < 1.29 is 0 Å². The van der Waals surface area contributed by atoms with Gasteiger partial charge in [-0.1, -0.05) is 23.7 Å². The monoisotopic (exact) mass is 330 g/mol. The van der Waals surface area contributed by atoms with E-state index in [1.54, 1.807) is 4.52 Å². The highest BCUT2D eigenvalue weighted by molar-refractivity contribution is 6.30. The van der Waals surface area contributed by atoms with Gasteiger partial charge in [-0.25, -0.2) is 0 Å². The Morgan fingerprint density at radius 3 is 2.57 bits per heavy atom. The second-order valence-electron chi connectivity index (χ2n) is 5.65. The Balaban J connectivity index is 1.77. The van der Waals surface area contributed by atoms with Gasteiger partial charge in [0.2, 0.25) is 0 Å². The normalized spacial score (nSPS) is 12.7. The van der Waals surface area contributed by atoms with Crippen LogP contribution in [0.5, 0.6) is 0 Å². The Morgan fingerprint density at radius 1 is 1.13 bits per heavy atom. The van der Waals surface area contributed by atoms with Gasteiger partial charge in [-0.05, 0) is 50.8 Å². The topological polar surface area (TPSA) is 58.4 Å². The molecule has 0 fully saturated rings. The predicted molar refractivity (Wildman–Crippen MR) is 91.9 cm³/mol. The molecule has 2 heterocycles. The lowest BCUT2D eigenvalue weighted by atomic mass is 10.1. The van der Waals surface area contributed by atoms with Gasteiger partial charge in [-0.3, -0.25) is 0 Å². The number of anilines is 1. The molecule has 0 spiro atoms. The van der Waals surface area contributed by atoms with Gasteiger partial charge < -0.3 is 10.2 Å². The SMILES string of the molecule is Cc1nnc2ccc(NCC(c3ccc(Cl)cc3)N(C)C)nn12. The van der Waals surface area contributed by atoms with Gasteiger partial charge in [0.1, 0.15) is 5.82 Å². The average molecular weight is 331 g/mol. The Labute approximate surface area is 140 Å². The summed E-state index contributed by atoms with van der Waals surface area (Å²) in [4.78, 5) is 2.17. The fraction of sp³-hybridized carbons (Fsp3) is 0.312. The minimum atomic E-state index is 0.215. The summed E-state index contributed by atoms with van der Waals surface area (Å²) in [6.07, 6.45) is 0. The van der Waals surface area contributed by atoms with Crippen LogP contribution >= 0.6 is 11.6 Å². The molecule has 2 aromatic heterocycles. The van der Waals surface area contributed by atoms with Crippen LogP contribution in [0.15, 0.2) is 36.4 Å². The van der Waals surface area contributed by atoms with Crippen LogP contribution in [0.3, 0.4) is 0 Å². The number of hydrogen-bond donors (Lipinski definition) is 1. The molecule has 120 valence electrons. The van der Waals surface area contributed by atoms with Crippen molar-refractivity contribution in [3.05, 3.63) is 52.8 Å². The largest absolute Gasteiger partial charge is 0.367 e. The van der Waals surface area contributed by atoms with Gasteiger partial charge in [-0.2, -0.15) is 4.52 Å². The molecule has 0 saturated carbocycles. The van der Waals surface area contributed by atoms with Crippen molar-refractivity contribution in [2.24, 2.45) is 0 Å². The molecule has 0 aliphatic carbocycles. The van der Waals surface area contributed by atoms with Crippen LogP contribution < -0.4 is 5.32 Å². The number of hydrogen-bond acceptors (Lipinski definition) is 5. The van der Waals surface area contributed by atoms with Crippen LogP contribution in [-0.4, -0.2) is 45.4 Å². The van der Waals surface area contributed by atoms with Crippen molar-refractivity contribution in [2.75, 3.05) is 26.0 Å². The van der Waals surface area contributed by atoms with E-state index >= 15 is 0 Å². The highest BCUT2D eigenvalue weighted by Crippen LogP contribution is 2.21. The molecule has 1 N–H and O–H groups in total. The van der Waals surface area contributed by atoms with Crippen molar-refractivity contribution in [3.8, 4) is 0 Å². The second kappa shape index (κ2) is 6.52. The number of likely N-dealkylation sites (N-methyl/N-ethyl adjacent to an activating group) is 1. The lowest BCUT2D eigenvalue weighted by Gasteiger charge is -2.25. The lowest BCUT2D eigenvalue weighted by molar-refractivity contribution is 0.311. The highest BCUT2D eigenvalue weighted by atomic mass is 35.5. The number of aromatic nitrogens is 4. The fourth-order valence-corrected chi connectivity index (χ4v) is 2.60. The van der Waals surface area contributed by atoms with E-state index in [-0.39, 0.29) is 6.04 Å². The Bertz CT molecular complexity index is 796. The standard InChI is InChI=1S/C16H19ClN6/c1-11-19-20-16-9-8-15(21-23(11)16)18-10-14(22(2)3)12-4-6-13(17)7-5-12/h4-9,14H,10H2,1-3H3,(H,18,21). The van der Waals surface area contributed by atoms with Crippen molar-refractivity contribution in [3.63, 3.8) is 0 Å². The van der Waals surface area contributed by atoms with Crippen LogP contribution in [0.1, 0.15) is 17.4 Å². The minimum Gasteiger partial charge on any atom is -0.367 e. The Kier molecular flexibility index (Phi) is 4.45. The third-order valence-corrected chi connectivity index (χ3v) is 4.03. The van der Waals surface area contributed by atoms with E-state index in [0.29, 0.717) is 0 Å². The predicted octanol–water partition coefficient (Wildman–Crippen LogP) is 2.80. The minimum absolute atomic E-state index is 0.215. The van der Waals surface area contributed by atoms with E-state index in [1.807, 2.05) is 31.2 Å². The van der Waals surface area contributed by atoms with E-state index in [2.05, 4.69) is 51.7 Å². The van der Waals surface area contributed by atoms with Crippen LogP contribution in [0.4, 0.5) is 5.82 Å². The van der Waals surface area contributed by atoms with Gasteiger partial charge in [0, 0.05) is 11.6 Å². The van der Waals surface area contributed by atoms with Gasteiger partial charge in [0.25, 0.3) is 0 Å². The van der Waals surface area contributed by atoms with Crippen LogP contribution in [0, 0.1) is 6.92 Å². The van der Waals surface area contributed by atoms with Gasteiger partial charge in [0.15, 0.2) is 11.5 Å². The third kappa shape index (κ3) is 3.43. The summed E-state index contributed by atoms with van der Waals surface area (Å²) in [5.41, 5.74) is 1.95.